The van der Waals surface area contributed by atoms with E-state index >= 15 is 0 Å². The van der Waals surface area contributed by atoms with Crippen molar-refractivity contribution in [1.82, 2.24) is 16.2 Å². The molecular formula is C20H24FN3O2S. The van der Waals surface area contributed by atoms with Crippen molar-refractivity contribution in [3.63, 3.8) is 0 Å². The minimum atomic E-state index is -0.360. The van der Waals surface area contributed by atoms with Gasteiger partial charge < -0.3 is 10.1 Å². The van der Waals surface area contributed by atoms with E-state index in [4.69, 9.17) is 17.0 Å². The van der Waals surface area contributed by atoms with Crippen LogP contribution in [0.3, 0.4) is 0 Å². The molecule has 0 aliphatic heterocycles. The Kier molecular flexibility index (Phi) is 7.12. The number of hydrazine groups is 1. The van der Waals surface area contributed by atoms with Crippen molar-refractivity contribution in [3.8, 4) is 5.75 Å². The van der Waals surface area contributed by atoms with Crippen LogP contribution in [0.25, 0.3) is 0 Å². The Balaban J connectivity index is 1.68. The highest BCUT2D eigenvalue weighted by Crippen LogP contribution is 2.24. The molecule has 0 saturated heterocycles. The first-order valence-electron chi connectivity index (χ1n) is 8.54. The molecule has 0 spiro atoms. The van der Waals surface area contributed by atoms with E-state index in [0.29, 0.717) is 12.3 Å². The first-order valence-corrected chi connectivity index (χ1v) is 8.95. The van der Waals surface area contributed by atoms with E-state index in [1.165, 1.54) is 17.7 Å². The van der Waals surface area contributed by atoms with Gasteiger partial charge in [0, 0.05) is 6.54 Å². The van der Waals surface area contributed by atoms with Crippen molar-refractivity contribution in [2.75, 3.05) is 6.61 Å². The largest absolute Gasteiger partial charge is 0.484 e. The molecule has 3 N–H and O–H groups in total. The van der Waals surface area contributed by atoms with Crippen molar-refractivity contribution < 1.29 is 13.9 Å². The monoisotopic (exact) mass is 389 g/mol. The van der Waals surface area contributed by atoms with Crippen LogP contribution in [-0.4, -0.2) is 17.6 Å². The molecule has 2 rings (SSSR count). The first kappa shape index (κ1) is 20.6. The second-order valence-corrected chi connectivity index (χ2v) is 7.45. The molecule has 0 fully saturated rings. The van der Waals surface area contributed by atoms with E-state index < -0.39 is 0 Å². The summed E-state index contributed by atoms with van der Waals surface area (Å²) in [6.45, 7) is 6.68. The topological polar surface area (TPSA) is 62.4 Å². The molecule has 7 heteroatoms. The Hall–Kier alpha value is -2.67. The molecule has 144 valence electrons. The predicted molar refractivity (Wildman–Crippen MR) is 108 cm³/mol. The highest BCUT2D eigenvalue weighted by Gasteiger charge is 2.13. The van der Waals surface area contributed by atoms with Crippen molar-refractivity contribution >= 4 is 23.2 Å². The minimum Gasteiger partial charge on any atom is -0.484 e. The fourth-order valence-electron chi connectivity index (χ4n) is 2.19. The number of ether oxygens (including phenoxy) is 1. The normalized spacial score (nSPS) is 10.8. The van der Waals surface area contributed by atoms with Gasteiger partial charge in [-0.2, -0.15) is 0 Å². The second kappa shape index (κ2) is 9.32. The lowest BCUT2D eigenvalue weighted by molar-refractivity contribution is -0.123. The van der Waals surface area contributed by atoms with E-state index in [9.17, 15) is 9.18 Å². The molecule has 0 unspecified atom stereocenters. The third kappa shape index (κ3) is 7.22. The number of carbonyl (C=O) groups is 1. The summed E-state index contributed by atoms with van der Waals surface area (Å²) in [6.07, 6.45) is 0. The summed E-state index contributed by atoms with van der Waals surface area (Å²) in [4.78, 5) is 11.8. The van der Waals surface area contributed by atoms with Crippen molar-refractivity contribution in [2.24, 2.45) is 0 Å². The van der Waals surface area contributed by atoms with Gasteiger partial charge in [0.15, 0.2) is 11.7 Å². The molecule has 5 nitrogen and oxygen atoms in total. The summed E-state index contributed by atoms with van der Waals surface area (Å²) in [6, 6.07) is 13.7. The van der Waals surface area contributed by atoms with E-state index in [2.05, 4.69) is 36.9 Å². The van der Waals surface area contributed by atoms with Crippen LogP contribution in [0.5, 0.6) is 5.75 Å². The molecule has 2 aromatic rings. The van der Waals surface area contributed by atoms with Gasteiger partial charge in [-0.3, -0.25) is 15.6 Å². The summed E-state index contributed by atoms with van der Waals surface area (Å²) in [5.41, 5.74) is 7.18. The zero-order valence-corrected chi connectivity index (χ0v) is 16.5. The molecule has 0 aromatic heterocycles. The lowest BCUT2D eigenvalue weighted by atomic mass is 9.87. The Labute approximate surface area is 164 Å². The number of thiocarbonyl (C=S) groups is 1. The standard InChI is InChI=1S/C20H24FN3O2S/c1-20(2,3)15-6-10-17(11-7-15)26-13-18(25)23-24-19(27)22-12-14-4-8-16(21)9-5-14/h4-11H,12-13H2,1-3H3,(H,23,25)(H2,22,24,27). The van der Waals surface area contributed by atoms with Gasteiger partial charge in [-0.25, -0.2) is 4.39 Å². The quantitative estimate of drug-likeness (QED) is 0.542. The summed E-state index contributed by atoms with van der Waals surface area (Å²) < 4.78 is 18.3. The highest BCUT2D eigenvalue weighted by molar-refractivity contribution is 7.80. The molecule has 0 atom stereocenters. The molecule has 0 saturated carbocycles. The minimum absolute atomic E-state index is 0.0659. The van der Waals surface area contributed by atoms with Crippen molar-refractivity contribution in [2.45, 2.75) is 32.7 Å². The van der Waals surface area contributed by atoms with Crippen LogP contribution in [0.1, 0.15) is 31.9 Å². The van der Waals surface area contributed by atoms with Crippen LogP contribution in [-0.2, 0) is 16.8 Å². The van der Waals surface area contributed by atoms with E-state index in [0.717, 1.165) is 5.56 Å². The summed E-state index contributed by atoms with van der Waals surface area (Å²) >= 11 is 5.07. The average Bonchev–Trinajstić information content (AvgIpc) is 2.64. The fraction of sp³-hybridized carbons (Fsp3) is 0.300. The predicted octanol–water partition coefficient (Wildman–Crippen LogP) is 3.20. The molecule has 0 aliphatic carbocycles. The maximum atomic E-state index is 12.8. The molecule has 1 amide bonds. The number of halogens is 1. The third-order valence-corrected chi connectivity index (χ3v) is 4.02. The lowest BCUT2D eigenvalue weighted by Gasteiger charge is -2.19. The number of benzene rings is 2. The summed E-state index contributed by atoms with van der Waals surface area (Å²) in [5.74, 6) is -0.0317. The van der Waals surface area contributed by atoms with Gasteiger partial charge in [0.05, 0.1) is 0 Å². The van der Waals surface area contributed by atoms with Gasteiger partial charge >= 0.3 is 0 Å². The lowest BCUT2D eigenvalue weighted by Crippen LogP contribution is -2.48. The number of rotatable bonds is 5. The van der Waals surface area contributed by atoms with E-state index in [-0.39, 0.29) is 28.9 Å². The average molecular weight is 389 g/mol. The molecule has 0 aliphatic rings. The van der Waals surface area contributed by atoms with Crippen molar-refractivity contribution in [1.29, 1.82) is 0 Å². The molecule has 27 heavy (non-hydrogen) atoms. The Morgan fingerprint density at radius 2 is 1.67 bits per heavy atom. The van der Waals surface area contributed by atoms with Gasteiger partial charge in [-0.1, -0.05) is 45.0 Å². The molecular weight excluding hydrogens is 365 g/mol. The van der Waals surface area contributed by atoms with Gasteiger partial charge in [0.2, 0.25) is 0 Å². The fourth-order valence-corrected chi connectivity index (χ4v) is 2.31. The first-order chi connectivity index (χ1) is 12.7. The number of amides is 1. The van der Waals surface area contributed by atoms with Crippen LogP contribution >= 0.6 is 12.2 Å². The molecule has 0 bridgehead atoms. The zero-order chi connectivity index (χ0) is 19.9. The number of hydrogen-bond acceptors (Lipinski definition) is 3. The third-order valence-electron chi connectivity index (χ3n) is 3.77. The van der Waals surface area contributed by atoms with Gasteiger partial charge in [0.25, 0.3) is 5.91 Å². The molecule has 0 heterocycles. The number of carbonyl (C=O) groups excluding carboxylic acids is 1. The van der Waals surface area contributed by atoms with E-state index in [1.54, 1.807) is 12.1 Å². The Bertz CT molecular complexity index is 771. The maximum absolute atomic E-state index is 12.8. The van der Waals surface area contributed by atoms with Gasteiger partial charge in [-0.05, 0) is 53.0 Å². The Morgan fingerprint density at radius 3 is 2.26 bits per heavy atom. The number of nitrogens with one attached hydrogen (secondary N) is 3. The van der Waals surface area contributed by atoms with E-state index in [1.807, 2.05) is 24.3 Å². The van der Waals surface area contributed by atoms with Crippen LogP contribution in [0.2, 0.25) is 0 Å². The van der Waals surface area contributed by atoms with Crippen molar-refractivity contribution in [3.05, 3.63) is 65.5 Å². The SMILES string of the molecule is CC(C)(C)c1ccc(OCC(=O)NNC(=S)NCc2ccc(F)cc2)cc1. The van der Waals surface area contributed by atoms with Gasteiger partial charge in [0.1, 0.15) is 11.6 Å². The Morgan fingerprint density at radius 1 is 1.04 bits per heavy atom. The smallest absolute Gasteiger partial charge is 0.276 e. The second-order valence-electron chi connectivity index (χ2n) is 7.05. The zero-order valence-electron chi connectivity index (χ0n) is 15.6. The molecule has 2 aromatic carbocycles. The highest BCUT2D eigenvalue weighted by atomic mass is 32.1. The summed E-state index contributed by atoms with van der Waals surface area (Å²) in [7, 11) is 0. The van der Waals surface area contributed by atoms with Crippen LogP contribution < -0.4 is 20.9 Å². The maximum Gasteiger partial charge on any atom is 0.276 e. The van der Waals surface area contributed by atoms with Crippen LogP contribution in [0.15, 0.2) is 48.5 Å². The number of hydrogen-bond donors (Lipinski definition) is 3. The van der Waals surface area contributed by atoms with Crippen LogP contribution in [0.4, 0.5) is 4.39 Å². The van der Waals surface area contributed by atoms with Gasteiger partial charge in [-0.15, -0.1) is 0 Å². The molecule has 0 radical (unpaired) electrons. The summed E-state index contributed by atoms with van der Waals surface area (Å²) in [5, 5.41) is 3.16. The van der Waals surface area contributed by atoms with Crippen LogP contribution in [0, 0.1) is 5.82 Å².